The summed E-state index contributed by atoms with van der Waals surface area (Å²) in [6.45, 7) is 1.79. The molecule has 2 N–H and O–H groups in total. The molecular weight excluding hydrogens is 168 g/mol. The van der Waals surface area contributed by atoms with Gasteiger partial charge in [-0.05, 0) is 23.9 Å². The second-order valence-corrected chi connectivity index (χ2v) is 3.28. The minimum Gasteiger partial charge on any atom is -0.319 e. The van der Waals surface area contributed by atoms with Crippen LogP contribution in [0.1, 0.15) is 16.5 Å². The highest BCUT2D eigenvalue weighted by Gasteiger charge is 2.19. The van der Waals surface area contributed by atoms with Crippen LogP contribution in [0.5, 0.6) is 0 Å². The SMILES string of the molecule is Cc1ccsc1[C@H](N)C(F)F. The fourth-order valence-corrected chi connectivity index (χ4v) is 1.77. The van der Waals surface area contributed by atoms with Gasteiger partial charge in [0.05, 0.1) is 0 Å². The lowest BCUT2D eigenvalue weighted by Crippen LogP contribution is -2.18. The Hall–Kier alpha value is -0.480. The van der Waals surface area contributed by atoms with Gasteiger partial charge in [-0.1, -0.05) is 0 Å². The quantitative estimate of drug-likeness (QED) is 0.737. The maximum Gasteiger partial charge on any atom is 0.258 e. The minimum atomic E-state index is -2.47. The maximum absolute atomic E-state index is 12.1. The monoisotopic (exact) mass is 177 g/mol. The van der Waals surface area contributed by atoms with Gasteiger partial charge in [-0.3, -0.25) is 0 Å². The number of nitrogens with two attached hydrogens (primary N) is 1. The second kappa shape index (κ2) is 3.28. The third kappa shape index (κ3) is 1.75. The Kier molecular flexibility index (Phi) is 2.57. The highest BCUT2D eigenvalue weighted by Crippen LogP contribution is 2.26. The Morgan fingerprint density at radius 2 is 2.18 bits per heavy atom. The maximum atomic E-state index is 12.1. The van der Waals surface area contributed by atoms with Gasteiger partial charge in [-0.25, -0.2) is 8.78 Å². The normalized spacial score (nSPS) is 13.9. The lowest BCUT2D eigenvalue weighted by atomic mass is 10.2. The number of alkyl halides is 2. The van der Waals surface area contributed by atoms with E-state index in [4.69, 9.17) is 5.73 Å². The summed E-state index contributed by atoms with van der Waals surface area (Å²) in [5.74, 6) is 0. The van der Waals surface area contributed by atoms with Crippen molar-refractivity contribution in [3.8, 4) is 0 Å². The molecule has 62 valence electrons. The Morgan fingerprint density at radius 3 is 2.55 bits per heavy atom. The number of halogens is 2. The molecule has 0 saturated carbocycles. The van der Waals surface area contributed by atoms with E-state index >= 15 is 0 Å². The summed E-state index contributed by atoms with van der Waals surface area (Å²) in [6.07, 6.45) is -2.47. The Morgan fingerprint density at radius 1 is 1.55 bits per heavy atom. The van der Waals surface area contributed by atoms with Gasteiger partial charge in [0.15, 0.2) is 0 Å². The van der Waals surface area contributed by atoms with Crippen LogP contribution in [-0.4, -0.2) is 6.43 Å². The van der Waals surface area contributed by atoms with Gasteiger partial charge in [-0.2, -0.15) is 0 Å². The molecule has 0 saturated heterocycles. The van der Waals surface area contributed by atoms with Crippen LogP contribution >= 0.6 is 11.3 Å². The Balaban J connectivity index is 2.84. The first-order valence-electron chi connectivity index (χ1n) is 3.20. The molecule has 11 heavy (non-hydrogen) atoms. The number of hydrogen-bond acceptors (Lipinski definition) is 2. The average Bonchev–Trinajstić information content (AvgIpc) is 2.33. The van der Waals surface area contributed by atoms with E-state index < -0.39 is 12.5 Å². The van der Waals surface area contributed by atoms with Crippen LogP contribution in [0.25, 0.3) is 0 Å². The van der Waals surface area contributed by atoms with Crippen molar-refractivity contribution in [3.63, 3.8) is 0 Å². The third-order valence-electron chi connectivity index (χ3n) is 1.48. The fraction of sp³-hybridized carbons (Fsp3) is 0.429. The van der Waals surface area contributed by atoms with E-state index in [1.54, 1.807) is 18.4 Å². The van der Waals surface area contributed by atoms with Crippen molar-refractivity contribution < 1.29 is 8.78 Å². The van der Waals surface area contributed by atoms with E-state index in [-0.39, 0.29) is 0 Å². The van der Waals surface area contributed by atoms with Crippen molar-refractivity contribution in [2.75, 3.05) is 0 Å². The summed E-state index contributed by atoms with van der Waals surface area (Å²) >= 11 is 1.28. The summed E-state index contributed by atoms with van der Waals surface area (Å²) in [5.41, 5.74) is 6.09. The summed E-state index contributed by atoms with van der Waals surface area (Å²) < 4.78 is 24.1. The van der Waals surface area contributed by atoms with Gasteiger partial charge in [-0.15, -0.1) is 11.3 Å². The van der Waals surface area contributed by atoms with Crippen LogP contribution in [0.15, 0.2) is 11.4 Å². The van der Waals surface area contributed by atoms with E-state index in [9.17, 15) is 8.78 Å². The molecule has 1 aromatic heterocycles. The molecule has 0 aliphatic rings. The molecular formula is C7H9F2NS. The fourth-order valence-electron chi connectivity index (χ4n) is 0.840. The molecule has 0 bridgehead atoms. The molecule has 0 aromatic carbocycles. The third-order valence-corrected chi connectivity index (χ3v) is 2.60. The van der Waals surface area contributed by atoms with Crippen LogP contribution in [0.2, 0.25) is 0 Å². The molecule has 1 rings (SSSR count). The summed E-state index contributed by atoms with van der Waals surface area (Å²) in [5, 5.41) is 1.77. The summed E-state index contributed by atoms with van der Waals surface area (Å²) in [6, 6.07) is 0.678. The first-order valence-corrected chi connectivity index (χ1v) is 4.08. The van der Waals surface area contributed by atoms with Crippen molar-refractivity contribution in [1.29, 1.82) is 0 Å². The summed E-state index contributed by atoms with van der Waals surface area (Å²) in [7, 11) is 0. The van der Waals surface area contributed by atoms with E-state index in [2.05, 4.69) is 0 Å². The molecule has 0 aliphatic heterocycles. The molecule has 0 fully saturated rings. The first-order chi connectivity index (χ1) is 5.13. The highest BCUT2D eigenvalue weighted by molar-refractivity contribution is 7.10. The molecule has 1 heterocycles. The molecule has 0 aliphatic carbocycles. The molecule has 0 amide bonds. The number of thiophene rings is 1. The zero-order chi connectivity index (χ0) is 8.43. The van der Waals surface area contributed by atoms with E-state index in [0.717, 1.165) is 5.56 Å². The van der Waals surface area contributed by atoms with Crippen LogP contribution in [-0.2, 0) is 0 Å². The lowest BCUT2D eigenvalue weighted by molar-refractivity contribution is 0.117. The number of hydrogen-bond donors (Lipinski definition) is 1. The van der Waals surface area contributed by atoms with E-state index in [1.165, 1.54) is 11.3 Å². The van der Waals surface area contributed by atoms with Crippen LogP contribution in [0, 0.1) is 6.92 Å². The van der Waals surface area contributed by atoms with E-state index in [1.807, 2.05) is 0 Å². The minimum absolute atomic E-state index is 0.583. The molecule has 1 nitrogen and oxygen atoms in total. The van der Waals surface area contributed by atoms with Gasteiger partial charge in [0.1, 0.15) is 6.04 Å². The number of aryl methyl sites for hydroxylation is 1. The van der Waals surface area contributed by atoms with Crippen molar-refractivity contribution in [1.82, 2.24) is 0 Å². The van der Waals surface area contributed by atoms with Gasteiger partial charge in [0.25, 0.3) is 6.43 Å². The smallest absolute Gasteiger partial charge is 0.258 e. The standard InChI is InChI=1S/C7H9F2NS/c1-4-2-3-11-6(4)5(10)7(8)9/h2-3,5,7H,10H2,1H3/t5-/m0/s1. The van der Waals surface area contributed by atoms with Gasteiger partial charge < -0.3 is 5.73 Å². The van der Waals surface area contributed by atoms with Crippen LogP contribution < -0.4 is 5.73 Å². The first kappa shape index (κ1) is 8.62. The number of rotatable bonds is 2. The van der Waals surface area contributed by atoms with Crippen molar-refractivity contribution >= 4 is 11.3 Å². The lowest BCUT2D eigenvalue weighted by Gasteiger charge is -2.08. The van der Waals surface area contributed by atoms with Crippen molar-refractivity contribution in [2.24, 2.45) is 5.73 Å². The highest BCUT2D eigenvalue weighted by atomic mass is 32.1. The predicted molar refractivity (Wildman–Crippen MR) is 42.0 cm³/mol. The van der Waals surface area contributed by atoms with Crippen molar-refractivity contribution in [2.45, 2.75) is 19.4 Å². The van der Waals surface area contributed by atoms with Crippen LogP contribution in [0.4, 0.5) is 8.78 Å². The van der Waals surface area contributed by atoms with Gasteiger partial charge in [0, 0.05) is 4.88 Å². The molecule has 0 unspecified atom stereocenters. The van der Waals surface area contributed by atoms with Gasteiger partial charge >= 0.3 is 0 Å². The average molecular weight is 177 g/mol. The second-order valence-electron chi connectivity index (χ2n) is 2.33. The molecule has 4 heteroatoms. The largest absolute Gasteiger partial charge is 0.319 e. The zero-order valence-corrected chi connectivity index (χ0v) is 6.87. The summed E-state index contributed by atoms with van der Waals surface area (Å²) in [4.78, 5) is 0.583. The van der Waals surface area contributed by atoms with E-state index in [0.29, 0.717) is 4.88 Å². The molecule has 0 spiro atoms. The molecule has 1 aromatic rings. The topological polar surface area (TPSA) is 26.0 Å². The zero-order valence-electron chi connectivity index (χ0n) is 6.05. The Bertz CT molecular complexity index is 234. The van der Waals surface area contributed by atoms with Crippen LogP contribution in [0.3, 0.4) is 0 Å². The molecule has 0 radical (unpaired) electrons. The van der Waals surface area contributed by atoms with Gasteiger partial charge in [0.2, 0.25) is 0 Å². The molecule has 1 atom stereocenters. The van der Waals surface area contributed by atoms with Crippen molar-refractivity contribution in [3.05, 3.63) is 21.9 Å². The Labute approximate surface area is 67.8 Å². The predicted octanol–water partition coefficient (Wildman–Crippen LogP) is 2.32.